The quantitative estimate of drug-likeness (QED) is 0.637. The lowest BCUT2D eigenvalue weighted by molar-refractivity contribution is 0.251. The zero-order valence-electron chi connectivity index (χ0n) is 9.75. The molecule has 0 saturated carbocycles. The van der Waals surface area contributed by atoms with E-state index in [4.69, 9.17) is 4.74 Å². The summed E-state index contributed by atoms with van der Waals surface area (Å²) in [4.78, 5) is 6.71. The fourth-order valence-corrected chi connectivity index (χ4v) is 3.71. The van der Waals surface area contributed by atoms with Gasteiger partial charge in [0.05, 0.1) is 11.7 Å². The summed E-state index contributed by atoms with van der Waals surface area (Å²) in [6.45, 7) is 0. The van der Waals surface area contributed by atoms with E-state index in [9.17, 15) is 0 Å². The van der Waals surface area contributed by atoms with Gasteiger partial charge in [-0.3, -0.25) is 4.99 Å². The first-order valence-electron chi connectivity index (χ1n) is 6.48. The van der Waals surface area contributed by atoms with E-state index < -0.39 is 0 Å². The lowest BCUT2D eigenvalue weighted by Gasteiger charge is -2.30. The van der Waals surface area contributed by atoms with E-state index in [2.05, 4.69) is 28.4 Å². The Morgan fingerprint density at radius 1 is 1.41 bits per heavy atom. The molecule has 1 saturated heterocycles. The second-order valence-corrected chi connectivity index (χ2v) is 5.18. The highest BCUT2D eigenvalue weighted by Gasteiger charge is 2.46. The number of fused-ring (bicyclic) bond motifs is 3. The Hall–Kier alpha value is -1.51. The monoisotopic (exact) mass is 228 g/mol. The van der Waals surface area contributed by atoms with Gasteiger partial charge in [0.25, 0.3) is 0 Å². The molecule has 3 aliphatic heterocycles. The van der Waals surface area contributed by atoms with Crippen LogP contribution in [0, 0.1) is 11.8 Å². The van der Waals surface area contributed by atoms with Crippen molar-refractivity contribution in [1.82, 2.24) is 4.90 Å². The van der Waals surface area contributed by atoms with E-state index in [0.717, 1.165) is 12.8 Å². The van der Waals surface area contributed by atoms with Gasteiger partial charge in [-0.25, -0.2) is 0 Å². The Kier molecular flexibility index (Phi) is 1.95. The number of allylic oxidation sites excluding steroid dienone is 2. The molecular weight excluding hydrogens is 212 g/mol. The first-order valence-corrected chi connectivity index (χ1v) is 6.48. The molecule has 0 bridgehead atoms. The summed E-state index contributed by atoms with van der Waals surface area (Å²) in [6.07, 6.45) is 14.9. The summed E-state index contributed by atoms with van der Waals surface area (Å²) < 4.78 is 5.70. The van der Waals surface area contributed by atoms with Gasteiger partial charge >= 0.3 is 0 Å². The molecule has 3 heteroatoms. The predicted molar refractivity (Wildman–Crippen MR) is 66.0 cm³/mol. The number of hydrogen-bond acceptors (Lipinski definition) is 3. The van der Waals surface area contributed by atoms with Crippen LogP contribution in [0.15, 0.2) is 41.2 Å². The Balaban J connectivity index is 1.83. The summed E-state index contributed by atoms with van der Waals surface area (Å²) in [5.74, 6) is 2.55. The van der Waals surface area contributed by atoms with Gasteiger partial charge in [0.15, 0.2) is 0 Å². The zero-order valence-corrected chi connectivity index (χ0v) is 9.75. The second-order valence-electron chi connectivity index (χ2n) is 5.18. The van der Waals surface area contributed by atoms with Gasteiger partial charge in [0, 0.05) is 31.0 Å². The summed E-state index contributed by atoms with van der Waals surface area (Å²) >= 11 is 0. The van der Waals surface area contributed by atoms with Gasteiger partial charge in [-0.2, -0.15) is 0 Å². The summed E-state index contributed by atoms with van der Waals surface area (Å²) in [7, 11) is 0. The fourth-order valence-electron chi connectivity index (χ4n) is 3.71. The first kappa shape index (κ1) is 9.51. The van der Waals surface area contributed by atoms with Crippen LogP contribution in [-0.2, 0) is 4.74 Å². The van der Waals surface area contributed by atoms with Crippen molar-refractivity contribution in [3.8, 4) is 0 Å². The van der Waals surface area contributed by atoms with E-state index >= 15 is 0 Å². The molecule has 0 N–H and O–H groups in total. The molecule has 1 aliphatic carbocycles. The summed E-state index contributed by atoms with van der Waals surface area (Å²) in [6, 6.07) is 0.478. The minimum absolute atomic E-state index is 0.478. The van der Waals surface area contributed by atoms with Crippen molar-refractivity contribution in [2.24, 2.45) is 16.8 Å². The van der Waals surface area contributed by atoms with E-state index in [1.165, 1.54) is 24.3 Å². The highest BCUT2D eigenvalue weighted by Crippen LogP contribution is 2.49. The van der Waals surface area contributed by atoms with Crippen LogP contribution >= 0.6 is 0 Å². The number of rotatable bonds is 0. The van der Waals surface area contributed by atoms with Crippen molar-refractivity contribution in [1.29, 1.82) is 0 Å². The molecule has 0 aromatic heterocycles. The normalized spacial score (nSPS) is 37.6. The Bertz CT molecular complexity index is 461. The van der Waals surface area contributed by atoms with Crippen LogP contribution in [-0.4, -0.2) is 17.2 Å². The zero-order chi connectivity index (χ0) is 11.2. The molecule has 3 heterocycles. The minimum Gasteiger partial charge on any atom is -0.466 e. The van der Waals surface area contributed by atoms with Crippen LogP contribution < -0.4 is 0 Å². The van der Waals surface area contributed by atoms with Gasteiger partial charge in [0.1, 0.15) is 12.0 Å². The maximum atomic E-state index is 5.70. The predicted octanol–water partition coefficient (Wildman–Crippen LogP) is 2.79. The Morgan fingerprint density at radius 3 is 3.41 bits per heavy atom. The highest BCUT2D eigenvalue weighted by molar-refractivity contribution is 5.60. The average Bonchev–Trinajstić information content (AvgIpc) is 2.55. The lowest BCUT2D eigenvalue weighted by Crippen LogP contribution is -2.27. The molecule has 0 aromatic carbocycles. The van der Waals surface area contributed by atoms with Crippen LogP contribution in [0.25, 0.3) is 0 Å². The van der Waals surface area contributed by atoms with Gasteiger partial charge in [-0.05, 0) is 31.3 Å². The van der Waals surface area contributed by atoms with E-state index in [-0.39, 0.29) is 0 Å². The molecule has 4 aliphatic rings. The SMILES string of the molecule is C1=CC2C(CC=N1)C1CCCC3=C1N2C=CO3. The second kappa shape index (κ2) is 3.49. The van der Waals surface area contributed by atoms with E-state index in [0.29, 0.717) is 17.9 Å². The molecule has 88 valence electrons. The molecule has 1 fully saturated rings. The molecule has 3 atom stereocenters. The van der Waals surface area contributed by atoms with Crippen molar-refractivity contribution >= 4 is 6.21 Å². The van der Waals surface area contributed by atoms with Crippen LogP contribution in [0.1, 0.15) is 25.7 Å². The minimum atomic E-state index is 0.478. The molecule has 0 amide bonds. The smallest absolute Gasteiger partial charge is 0.123 e. The van der Waals surface area contributed by atoms with Crippen molar-refractivity contribution in [2.75, 3.05) is 0 Å². The molecule has 17 heavy (non-hydrogen) atoms. The fraction of sp³-hybridized carbons (Fsp3) is 0.500. The molecule has 3 nitrogen and oxygen atoms in total. The molecule has 0 spiro atoms. The largest absolute Gasteiger partial charge is 0.466 e. The molecule has 4 rings (SSSR count). The Labute approximate surface area is 101 Å². The lowest BCUT2D eigenvalue weighted by atomic mass is 9.80. The van der Waals surface area contributed by atoms with Crippen molar-refractivity contribution in [2.45, 2.75) is 31.7 Å². The van der Waals surface area contributed by atoms with Gasteiger partial charge in [0.2, 0.25) is 0 Å². The van der Waals surface area contributed by atoms with Crippen molar-refractivity contribution < 1.29 is 4.74 Å². The van der Waals surface area contributed by atoms with Crippen LogP contribution in [0.4, 0.5) is 0 Å². The summed E-state index contributed by atoms with van der Waals surface area (Å²) in [5.41, 5.74) is 1.45. The number of ether oxygens (including phenoxy) is 1. The third-order valence-electron chi connectivity index (χ3n) is 4.39. The third kappa shape index (κ3) is 1.25. The Morgan fingerprint density at radius 2 is 2.41 bits per heavy atom. The average molecular weight is 228 g/mol. The highest BCUT2D eigenvalue weighted by atomic mass is 16.5. The molecule has 0 aromatic rings. The van der Waals surface area contributed by atoms with Gasteiger partial charge in [-0.15, -0.1) is 0 Å². The van der Waals surface area contributed by atoms with Crippen LogP contribution in [0.3, 0.4) is 0 Å². The van der Waals surface area contributed by atoms with Gasteiger partial charge < -0.3 is 9.64 Å². The number of hydrogen-bond donors (Lipinski definition) is 0. The van der Waals surface area contributed by atoms with Crippen LogP contribution in [0.2, 0.25) is 0 Å². The molecule has 3 unspecified atom stereocenters. The maximum absolute atomic E-state index is 5.70. The van der Waals surface area contributed by atoms with E-state index in [1.807, 2.05) is 12.5 Å². The third-order valence-corrected chi connectivity index (χ3v) is 4.39. The van der Waals surface area contributed by atoms with Crippen molar-refractivity contribution in [3.05, 3.63) is 36.2 Å². The topological polar surface area (TPSA) is 24.8 Å². The van der Waals surface area contributed by atoms with Crippen molar-refractivity contribution in [3.63, 3.8) is 0 Å². The standard InChI is InChI=1S/C14H16N2O/c1-2-11-10-4-6-15-7-5-12(10)16-8-9-17-13(3-1)14(11)16/h5-12H,1-4H2. The van der Waals surface area contributed by atoms with Crippen LogP contribution in [0.5, 0.6) is 0 Å². The molecule has 0 radical (unpaired) electrons. The molecular formula is C14H16N2O. The first-order chi connectivity index (χ1) is 8.45. The van der Waals surface area contributed by atoms with E-state index in [1.54, 1.807) is 0 Å². The number of aliphatic imine (C=N–C) groups is 1. The van der Waals surface area contributed by atoms with Gasteiger partial charge in [-0.1, -0.05) is 0 Å². The summed E-state index contributed by atoms with van der Waals surface area (Å²) in [5, 5.41) is 0. The maximum Gasteiger partial charge on any atom is 0.123 e. The number of nitrogens with zero attached hydrogens (tertiary/aromatic N) is 2.